The molecular weight excluding hydrogens is 1740 g/mol. The molecule has 0 fully saturated rings. The molecule has 0 spiro atoms. The smallest absolute Gasteiger partial charge is 0.168 e. The summed E-state index contributed by atoms with van der Waals surface area (Å²) in [5.74, 6) is 3.64. The van der Waals surface area contributed by atoms with E-state index in [0.29, 0.717) is 17.5 Å². The van der Waals surface area contributed by atoms with Gasteiger partial charge in [-0.15, -0.1) is 10.2 Å². The van der Waals surface area contributed by atoms with E-state index in [-0.39, 0.29) is 0 Å². The summed E-state index contributed by atoms with van der Waals surface area (Å²) in [6.07, 6.45) is 3.80. The van der Waals surface area contributed by atoms with Crippen molar-refractivity contribution in [2.75, 3.05) is 0 Å². The van der Waals surface area contributed by atoms with Crippen LogP contribution in [-0.4, -0.2) is 44.7 Å². The molecular formula is C134H87N9. The van der Waals surface area contributed by atoms with Crippen LogP contribution in [0.5, 0.6) is 0 Å². The van der Waals surface area contributed by atoms with Gasteiger partial charge in [0.05, 0.1) is 22.8 Å². The first kappa shape index (κ1) is 85.4. The molecule has 0 atom stereocenters. The predicted octanol–water partition coefficient (Wildman–Crippen LogP) is 34.8. The van der Waals surface area contributed by atoms with Crippen molar-refractivity contribution in [1.29, 1.82) is 0 Å². The minimum atomic E-state index is 0.662. The van der Waals surface area contributed by atoms with E-state index >= 15 is 0 Å². The first-order chi connectivity index (χ1) is 71.0. The topological polar surface area (TPSA) is 108 Å². The van der Waals surface area contributed by atoms with Crippen LogP contribution in [0.15, 0.2) is 528 Å². The minimum Gasteiger partial charge on any atom is -0.275 e. The number of benzene rings is 23. The summed E-state index contributed by atoms with van der Waals surface area (Å²) in [7, 11) is 0. The van der Waals surface area contributed by atoms with E-state index in [1.165, 1.54) is 152 Å². The average Bonchev–Trinajstić information content (AvgIpc) is 1.07. The molecule has 23 aromatic carbocycles. The molecule has 0 aliphatic heterocycles. The average molecular weight is 1820 g/mol. The van der Waals surface area contributed by atoms with Crippen molar-refractivity contribution >= 4 is 118 Å². The fraction of sp³-hybridized carbons (Fsp3) is 0. The van der Waals surface area contributed by atoms with Crippen molar-refractivity contribution < 1.29 is 0 Å². The van der Waals surface area contributed by atoms with E-state index in [1.54, 1.807) is 0 Å². The number of aromatic nitrogens is 9. The zero-order chi connectivity index (χ0) is 94.9. The van der Waals surface area contributed by atoms with E-state index in [1.807, 2.05) is 134 Å². The summed E-state index contributed by atoms with van der Waals surface area (Å²) in [6.45, 7) is 0. The quantitative estimate of drug-likeness (QED) is 0.0830. The second kappa shape index (κ2) is 37.7. The van der Waals surface area contributed by atoms with E-state index < -0.39 is 0 Å². The van der Waals surface area contributed by atoms with Crippen molar-refractivity contribution in [3.05, 3.63) is 528 Å². The normalized spacial score (nSPS) is 11.4. The highest BCUT2D eigenvalue weighted by Crippen LogP contribution is 2.49. The first-order valence-corrected chi connectivity index (χ1v) is 48.3. The maximum absolute atomic E-state index is 5.08. The van der Waals surface area contributed by atoms with Gasteiger partial charge in [0.25, 0.3) is 0 Å². The Morgan fingerprint density at radius 2 is 0.497 bits per heavy atom. The highest BCUT2D eigenvalue weighted by atomic mass is 15.3. The van der Waals surface area contributed by atoms with Gasteiger partial charge in [-0.2, -0.15) is 0 Å². The van der Waals surface area contributed by atoms with Crippen LogP contribution in [0.2, 0.25) is 0 Å². The number of fused-ring (bicyclic) bond motifs is 8. The van der Waals surface area contributed by atoms with E-state index in [9.17, 15) is 0 Å². The van der Waals surface area contributed by atoms with Crippen molar-refractivity contribution in [2.24, 2.45) is 0 Å². The summed E-state index contributed by atoms with van der Waals surface area (Å²) in [6, 6.07) is 181. The highest BCUT2D eigenvalue weighted by Gasteiger charge is 2.26. The van der Waals surface area contributed by atoms with Gasteiger partial charge in [-0.3, -0.25) is 14.5 Å². The third kappa shape index (κ3) is 16.2. The van der Waals surface area contributed by atoms with Gasteiger partial charge in [-0.05, 0) is 206 Å². The maximum atomic E-state index is 5.08. The van der Waals surface area contributed by atoms with Gasteiger partial charge in [0.2, 0.25) is 0 Å². The second-order valence-corrected chi connectivity index (χ2v) is 35.8. The van der Waals surface area contributed by atoms with E-state index in [4.69, 9.17) is 24.9 Å². The van der Waals surface area contributed by atoms with Crippen molar-refractivity contribution in [3.63, 3.8) is 0 Å². The molecule has 143 heavy (non-hydrogen) atoms. The van der Waals surface area contributed by atoms with Gasteiger partial charge in [0, 0.05) is 62.4 Å². The van der Waals surface area contributed by atoms with Crippen molar-refractivity contribution in [1.82, 2.24) is 44.7 Å². The summed E-state index contributed by atoms with van der Waals surface area (Å²) in [5, 5.41) is 36.4. The fourth-order valence-corrected chi connectivity index (χ4v) is 20.9. The SMILES string of the molecule is c1ccc(-c2c3ccccc3c(-c3cccc(-c4ccccn4)n3)c3ccccc23)cc1.c1ccc(-c2nc(-c3ccccc3)nc(-c3c4ccccc4c(-c4ccccc4)c4ccccc34)n2)cc1.c1ccc(-c2nnc(-c3ccccc3)n2-c2ccc(-c3ccc4ccc5cccc6ccc3c4c56)cc2)cc1.c1ccc2cc(-c3c4ccccc4c(-c4cc5ccccc5cn4)c4ccccc34)ccc2c1. The van der Waals surface area contributed by atoms with Gasteiger partial charge < -0.3 is 0 Å². The molecule has 9 heteroatoms. The number of hydrogen-bond acceptors (Lipinski definition) is 8. The molecule has 5 aromatic heterocycles. The van der Waals surface area contributed by atoms with Crippen LogP contribution in [0.1, 0.15) is 0 Å². The third-order valence-electron chi connectivity index (χ3n) is 27.4. The molecule has 5 heterocycles. The van der Waals surface area contributed by atoms with Gasteiger partial charge in [0.1, 0.15) is 0 Å². The van der Waals surface area contributed by atoms with Crippen molar-refractivity contribution in [3.8, 4) is 141 Å². The number of rotatable bonds is 13. The Morgan fingerprint density at radius 1 is 0.161 bits per heavy atom. The third-order valence-corrected chi connectivity index (χ3v) is 27.4. The lowest BCUT2D eigenvalue weighted by atomic mass is 9.86. The largest absolute Gasteiger partial charge is 0.275 e. The molecule has 0 amide bonds. The first-order valence-electron chi connectivity index (χ1n) is 48.3. The zero-order valence-electron chi connectivity index (χ0n) is 77.8. The van der Waals surface area contributed by atoms with Gasteiger partial charge in [-0.25, -0.2) is 19.9 Å². The van der Waals surface area contributed by atoms with Crippen LogP contribution in [0, 0.1) is 0 Å². The van der Waals surface area contributed by atoms with Gasteiger partial charge >= 0.3 is 0 Å². The summed E-state index contributed by atoms with van der Waals surface area (Å²) >= 11 is 0. The molecule has 0 unspecified atom stereocenters. The van der Waals surface area contributed by atoms with E-state index in [0.717, 1.165) is 89.7 Å². The number of hydrogen-bond donors (Lipinski definition) is 0. The lowest BCUT2D eigenvalue weighted by Crippen LogP contribution is -2.01. The predicted molar refractivity (Wildman–Crippen MR) is 596 cm³/mol. The fourth-order valence-electron chi connectivity index (χ4n) is 20.9. The van der Waals surface area contributed by atoms with E-state index in [2.05, 4.69) is 414 Å². The molecule has 9 nitrogen and oxygen atoms in total. The van der Waals surface area contributed by atoms with Crippen molar-refractivity contribution in [2.45, 2.75) is 0 Å². The van der Waals surface area contributed by atoms with Crippen LogP contribution in [0.25, 0.3) is 260 Å². The molecule has 0 N–H and O–H groups in total. The Bertz CT molecular complexity index is 9190. The Morgan fingerprint density at radius 3 is 0.972 bits per heavy atom. The number of nitrogens with zero attached hydrogens (tertiary/aromatic N) is 9. The Balaban J connectivity index is 0.000000100. The van der Waals surface area contributed by atoms with Crippen LogP contribution < -0.4 is 0 Å². The Kier molecular flexibility index (Phi) is 22.5. The van der Waals surface area contributed by atoms with Crippen LogP contribution in [-0.2, 0) is 0 Å². The zero-order valence-corrected chi connectivity index (χ0v) is 77.8. The van der Waals surface area contributed by atoms with Gasteiger partial charge in [-0.1, -0.05) is 467 Å². The summed E-state index contributed by atoms with van der Waals surface area (Å²) < 4.78 is 2.15. The molecule has 0 bridgehead atoms. The van der Waals surface area contributed by atoms with Crippen LogP contribution >= 0.6 is 0 Å². The summed E-state index contributed by atoms with van der Waals surface area (Å²) in [5.41, 5.74) is 22.0. The molecule has 0 saturated heterocycles. The molecule has 668 valence electrons. The number of pyridine rings is 3. The Labute approximate surface area is 826 Å². The van der Waals surface area contributed by atoms with Gasteiger partial charge in [0.15, 0.2) is 29.1 Å². The molecule has 28 aromatic rings. The van der Waals surface area contributed by atoms with Crippen LogP contribution in [0.3, 0.4) is 0 Å². The monoisotopic (exact) mass is 1820 g/mol. The molecule has 0 radical (unpaired) electrons. The lowest BCUT2D eigenvalue weighted by Gasteiger charge is -2.17. The highest BCUT2D eigenvalue weighted by molar-refractivity contribution is 6.27. The minimum absolute atomic E-state index is 0.662. The second-order valence-electron chi connectivity index (χ2n) is 35.8. The molecule has 0 aliphatic rings. The summed E-state index contributed by atoms with van der Waals surface area (Å²) in [4.78, 5) is 29.5. The molecule has 0 saturated carbocycles. The standard InChI is InChI=1S/C36H23N3.C35H23N3.C33H21N.C30H20N2/c1-3-8-28(9-4-1)35-37-38-36(29-10-5-2-6-11-29)39(35)30-20-16-24(17-21-30)31-22-18-27-15-14-25-12-7-13-26-19-23-32(31)34(27)33(25)26;1-4-14-24(15-5-1)31-27-20-10-12-22-29(27)32(30-23-13-11-21-28(30)31)35-37-33(25-16-6-2-7-17-25)36-34(38-35)26-18-8-3-9-19-26;1-2-10-23-19-25(18-17-22(23)9-1)32-27-13-5-7-15-29(27)33(30-16-8-6-14-28(30)32)31-20-24-11-3-4-12-26(24)21-34-31;1-2-11-21(12-3-1)29-22-13-4-6-15-24(22)30(25-16-7-5-14-23(25)29)28-19-10-18-27(32-28)26-17-8-9-20-31-26/h1-23H;1-23H;1-21H;1-20H. The molecule has 0 aliphatic carbocycles. The Hall–Kier alpha value is -19.2. The van der Waals surface area contributed by atoms with Crippen LogP contribution in [0.4, 0.5) is 0 Å². The maximum Gasteiger partial charge on any atom is 0.168 e. The lowest BCUT2D eigenvalue weighted by molar-refractivity contribution is 1.07. The molecule has 28 rings (SSSR count).